The van der Waals surface area contributed by atoms with Crippen molar-refractivity contribution in [1.29, 1.82) is 0 Å². The fourth-order valence-electron chi connectivity index (χ4n) is 9.82. The van der Waals surface area contributed by atoms with Gasteiger partial charge in [0.05, 0.1) is 0 Å². The highest BCUT2D eigenvalue weighted by molar-refractivity contribution is 5.82. The van der Waals surface area contributed by atoms with Crippen LogP contribution < -0.4 is 0 Å². The van der Waals surface area contributed by atoms with Crippen LogP contribution in [0, 0.1) is 58.2 Å². The predicted octanol–water partition coefficient (Wildman–Crippen LogP) is 8.48. The first-order chi connectivity index (χ1) is 14.7. The topological polar surface area (TPSA) is 17.1 Å². The zero-order valence-electron chi connectivity index (χ0n) is 21.3. The lowest BCUT2D eigenvalue weighted by Crippen LogP contribution is -2.56. The summed E-state index contributed by atoms with van der Waals surface area (Å²) in [5.74, 6) is 6.82. The molecule has 0 saturated heterocycles. The summed E-state index contributed by atoms with van der Waals surface area (Å²) in [5, 5.41) is 0. The molecule has 9 atom stereocenters. The Hall–Kier alpha value is -0.590. The van der Waals surface area contributed by atoms with Gasteiger partial charge in [-0.2, -0.15) is 0 Å². The van der Waals surface area contributed by atoms with Crippen LogP contribution in [0.3, 0.4) is 0 Å². The summed E-state index contributed by atoms with van der Waals surface area (Å²) in [4.78, 5) is 12.8. The van der Waals surface area contributed by atoms with E-state index in [9.17, 15) is 4.79 Å². The molecule has 0 amide bonds. The van der Waals surface area contributed by atoms with Crippen LogP contribution in [0.25, 0.3) is 0 Å². The SMILES string of the molecule is C=CC[C@@H]1C(=O)CC[C@]2(C)[C@H]3CC[C@]4(C)[C@@H]([C@H](C)CCCC(C)C)CC[C@H]4[C@@H]3CC[C@@H]12. The lowest BCUT2D eigenvalue weighted by atomic mass is 9.43. The monoisotopic (exact) mass is 426 g/mol. The first-order valence-electron chi connectivity index (χ1n) is 13.9. The number of allylic oxidation sites excluding steroid dienone is 1. The van der Waals surface area contributed by atoms with Crippen LogP contribution in [-0.2, 0) is 4.79 Å². The van der Waals surface area contributed by atoms with Gasteiger partial charge in [-0.25, -0.2) is 0 Å². The van der Waals surface area contributed by atoms with E-state index in [4.69, 9.17) is 0 Å². The van der Waals surface area contributed by atoms with Crippen molar-refractivity contribution >= 4 is 5.78 Å². The van der Waals surface area contributed by atoms with Gasteiger partial charge in [-0.15, -0.1) is 6.58 Å². The van der Waals surface area contributed by atoms with Crippen molar-refractivity contribution in [3.05, 3.63) is 12.7 Å². The number of hydrogen-bond donors (Lipinski definition) is 0. The minimum absolute atomic E-state index is 0.266. The first kappa shape index (κ1) is 23.6. The van der Waals surface area contributed by atoms with Crippen molar-refractivity contribution in [2.75, 3.05) is 0 Å². The third kappa shape index (κ3) is 3.99. The minimum atomic E-state index is 0.266. The number of ketones is 1. The minimum Gasteiger partial charge on any atom is -0.299 e. The van der Waals surface area contributed by atoms with Crippen LogP contribution in [0.1, 0.15) is 112 Å². The van der Waals surface area contributed by atoms with Gasteiger partial charge in [0.2, 0.25) is 0 Å². The van der Waals surface area contributed by atoms with E-state index in [1.54, 1.807) is 0 Å². The summed E-state index contributed by atoms with van der Waals surface area (Å²) in [6, 6.07) is 0. The molecular weight excluding hydrogens is 376 g/mol. The fourth-order valence-corrected chi connectivity index (χ4v) is 9.82. The fraction of sp³-hybridized carbons (Fsp3) is 0.900. The molecule has 4 rings (SSSR count). The molecule has 4 fully saturated rings. The van der Waals surface area contributed by atoms with Crippen LogP contribution >= 0.6 is 0 Å². The number of carbonyl (C=O) groups is 1. The Morgan fingerprint density at radius 1 is 0.935 bits per heavy atom. The average molecular weight is 427 g/mol. The molecule has 0 aliphatic heterocycles. The van der Waals surface area contributed by atoms with Gasteiger partial charge in [0.25, 0.3) is 0 Å². The second-order valence-electron chi connectivity index (χ2n) is 13.2. The predicted molar refractivity (Wildman–Crippen MR) is 132 cm³/mol. The number of Topliss-reactive ketones (excluding diaryl/α,β-unsaturated/α-hetero) is 1. The van der Waals surface area contributed by atoms with Gasteiger partial charge in [-0.05, 0) is 104 Å². The Balaban J connectivity index is 1.49. The molecule has 4 aliphatic carbocycles. The van der Waals surface area contributed by atoms with Crippen molar-refractivity contribution in [3.8, 4) is 0 Å². The molecular formula is C30H50O. The van der Waals surface area contributed by atoms with Crippen LogP contribution in [0.2, 0.25) is 0 Å². The van der Waals surface area contributed by atoms with Crippen LogP contribution in [-0.4, -0.2) is 5.78 Å². The van der Waals surface area contributed by atoms with Gasteiger partial charge in [0, 0.05) is 12.3 Å². The van der Waals surface area contributed by atoms with Gasteiger partial charge in [0.15, 0.2) is 0 Å². The van der Waals surface area contributed by atoms with Crippen molar-refractivity contribution in [2.45, 2.75) is 112 Å². The summed E-state index contributed by atoms with van der Waals surface area (Å²) in [6.45, 7) is 16.6. The first-order valence-corrected chi connectivity index (χ1v) is 13.9. The zero-order valence-corrected chi connectivity index (χ0v) is 21.3. The molecule has 1 heteroatoms. The quantitative estimate of drug-likeness (QED) is 0.373. The van der Waals surface area contributed by atoms with E-state index in [0.29, 0.717) is 22.5 Å². The molecule has 31 heavy (non-hydrogen) atoms. The highest BCUT2D eigenvalue weighted by Crippen LogP contribution is 2.68. The van der Waals surface area contributed by atoms with Gasteiger partial charge in [-0.1, -0.05) is 60.0 Å². The number of fused-ring (bicyclic) bond motifs is 5. The van der Waals surface area contributed by atoms with E-state index in [1.807, 2.05) is 6.08 Å². The summed E-state index contributed by atoms with van der Waals surface area (Å²) >= 11 is 0. The lowest BCUT2D eigenvalue weighted by molar-refractivity contribution is -0.152. The van der Waals surface area contributed by atoms with E-state index < -0.39 is 0 Å². The maximum Gasteiger partial charge on any atom is 0.136 e. The third-order valence-corrected chi connectivity index (χ3v) is 11.4. The maximum atomic E-state index is 12.8. The van der Waals surface area contributed by atoms with Gasteiger partial charge in [-0.3, -0.25) is 4.79 Å². The molecule has 176 valence electrons. The zero-order chi connectivity index (χ0) is 22.4. The normalized spacial score (nSPS) is 45.7. The molecule has 0 spiro atoms. The summed E-state index contributed by atoms with van der Waals surface area (Å²) < 4.78 is 0. The Morgan fingerprint density at radius 3 is 2.35 bits per heavy atom. The lowest BCUT2D eigenvalue weighted by Gasteiger charge is -2.62. The Labute approximate surface area is 193 Å². The molecule has 0 aromatic carbocycles. The Morgan fingerprint density at radius 2 is 1.65 bits per heavy atom. The van der Waals surface area contributed by atoms with Crippen LogP contribution in [0.5, 0.6) is 0 Å². The van der Waals surface area contributed by atoms with E-state index in [0.717, 1.165) is 54.8 Å². The molecule has 0 N–H and O–H groups in total. The molecule has 0 aromatic rings. The number of hydrogen-bond acceptors (Lipinski definition) is 1. The van der Waals surface area contributed by atoms with Gasteiger partial charge in [0.1, 0.15) is 5.78 Å². The van der Waals surface area contributed by atoms with E-state index in [1.165, 1.54) is 57.8 Å². The highest BCUT2D eigenvalue weighted by Gasteiger charge is 2.61. The van der Waals surface area contributed by atoms with E-state index in [2.05, 4.69) is 41.2 Å². The summed E-state index contributed by atoms with van der Waals surface area (Å²) in [7, 11) is 0. The van der Waals surface area contributed by atoms with Crippen molar-refractivity contribution in [2.24, 2.45) is 58.2 Å². The third-order valence-electron chi connectivity index (χ3n) is 11.4. The van der Waals surface area contributed by atoms with Crippen molar-refractivity contribution < 1.29 is 4.79 Å². The van der Waals surface area contributed by atoms with Crippen LogP contribution in [0.15, 0.2) is 12.7 Å². The number of carbonyl (C=O) groups excluding carboxylic acids is 1. The molecule has 4 aliphatic rings. The van der Waals surface area contributed by atoms with E-state index >= 15 is 0 Å². The molecule has 0 unspecified atom stereocenters. The average Bonchev–Trinajstić information content (AvgIpc) is 3.07. The van der Waals surface area contributed by atoms with Crippen molar-refractivity contribution in [3.63, 3.8) is 0 Å². The smallest absolute Gasteiger partial charge is 0.136 e. The molecule has 0 bridgehead atoms. The second kappa shape index (κ2) is 8.98. The maximum absolute atomic E-state index is 12.8. The molecule has 4 saturated carbocycles. The van der Waals surface area contributed by atoms with E-state index in [-0.39, 0.29) is 5.92 Å². The largest absolute Gasteiger partial charge is 0.299 e. The summed E-state index contributed by atoms with van der Waals surface area (Å²) in [6.07, 6.45) is 17.7. The highest BCUT2D eigenvalue weighted by atomic mass is 16.1. The molecule has 0 radical (unpaired) electrons. The standard InChI is InChI=1S/C30H50O/c1-7-9-23-26-13-12-22-25-15-14-24(21(4)11-8-10-20(2)3)29(25,5)18-16-27(22)30(26,6)19-17-28(23)31/h7,20-27H,1,8-19H2,2-6H3/t21-,22+,23+,24-,25+,26+,27+,29-,30+/m1/s1. The molecule has 0 aromatic heterocycles. The van der Waals surface area contributed by atoms with Crippen molar-refractivity contribution in [1.82, 2.24) is 0 Å². The molecule has 0 heterocycles. The van der Waals surface area contributed by atoms with Crippen LogP contribution in [0.4, 0.5) is 0 Å². The summed E-state index contributed by atoms with van der Waals surface area (Å²) in [5.41, 5.74) is 0.972. The Bertz CT molecular complexity index is 663. The van der Waals surface area contributed by atoms with Gasteiger partial charge < -0.3 is 0 Å². The van der Waals surface area contributed by atoms with Gasteiger partial charge >= 0.3 is 0 Å². The second-order valence-corrected chi connectivity index (χ2v) is 13.2. The Kier molecular flexibility index (Phi) is 6.83. The number of rotatable bonds is 7. The molecule has 1 nitrogen and oxygen atoms in total.